The maximum absolute atomic E-state index is 13.9. The fourth-order valence-electron chi connectivity index (χ4n) is 1.99. The van der Waals surface area contributed by atoms with Crippen LogP contribution in [0.3, 0.4) is 0 Å². The molecule has 128 valence electrons. The lowest BCUT2D eigenvalue weighted by Gasteiger charge is -2.16. The fourth-order valence-corrected chi connectivity index (χ4v) is 1.99. The van der Waals surface area contributed by atoms with Crippen molar-refractivity contribution >= 4 is 11.9 Å². The first kappa shape index (κ1) is 17.6. The number of amides is 1. The molecule has 0 radical (unpaired) electrons. The molecular weight excluding hydrogens is 322 g/mol. The standard InChI is InChI=1S/C16H16F2N2O4/c1-8(2)12-7-13(24-20-12)15(21)19-14(16(22)23-3)10-5-4-9(17)6-11(10)18/h4-8,14H,1-3H3,(H,19,21)/t14-/m0/s1. The molecule has 0 spiro atoms. The highest BCUT2D eigenvalue weighted by Gasteiger charge is 2.28. The number of nitrogens with one attached hydrogen (secondary N) is 1. The van der Waals surface area contributed by atoms with Crippen LogP contribution in [0.1, 0.15) is 47.6 Å². The van der Waals surface area contributed by atoms with Gasteiger partial charge < -0.3 is 14.6 Å². The molecule has 0 unspecified atom stereocenters. The van der Waals surface area contributed by atoms with Crippen LogP contribution in [-0.4, -0.2) is 24.1 Å². The zero-order valence-corrected chi connectivity index (χ0v) is 13.3. The van der Waals surface area contributed by atoms with E-state index < -0.39 is 29.6 Å². The first-order valence-corrected chi connectivity index (χ1v) is 7.13. The van der Waals surface area contributed by atoms with Crippen molar-refractivity contribution in [1.29, 1.82) is 0 Å². The molecule has 0 aliphatic heterocycles. The normalized spacial score (nSPS) is 12.1. The third kappa shape index (κ3) is 3.76. The van der Waals surface area contributed by atoms with Crippen LogP contribution in [0.5, 0.6) is 0 Å². The van der Waals surface area contributed by atoms with E-state index in [-0.39, 0.29) is 17.2 Å². The highest BCUT2D eigenvalue weighted by molar-refractivity contribution is 5.94. The minimum absolute atomic E-state index is 0.0428. The topological polar surface area (TPSA) is 81.4 Å². The number of carbonyl (C=O) groups excluding carboxylic acids is 2. The first-order chi connectivity index (χ1) is 11.3. The number of methoxy groups -OCH3 is 1. The number of carbonyl (C=O) groups is 2. The summed E-state index contributed by atoms with van der Waals surface area (Å²) in [6.07, 6.45) is 0. The molecule has 1 aromatic heterocycles. The van der Waals surface area contributed by atoms with E-state index in [0.717, 1.165) is 19.2 Å². The van der Waals surface area contributed by atoms with Gasteiger partial charge in [0.05, 0.1) is 12.8 Å². The average molecular weight is 338 g/mol. The molecule has 1 aromatic carbocycles. The smallest absolute Gasteiger partial charge is 0.333 e. The molecule has 8 heteroatoms. The van der Waals surface area contributed by atoms with Gasteiger partial charge >= 0.3 is 5.97 Å². The molecule has 2 rings (SSSR count). The third-order valence-corrected chi connectivity index (χ3v) is 3.33. The lowest BCUT2D eigenvalue weighted by molar-refractivity contribution is -0.143. The monoisotopic (exact) mass is 338 g/mol. The van der Waals surface area contributed by atoms with E-state index in [1.54, 1.807) is 0 Å². The Hall–Kier alpha value is -2.77. The lowest BCUT2D eigenvalue weighted by atomic mass is 10.1. The number of halogens is 2. The number of aromatic nitrogens is 1. The Balaban J connectivity index is 2.28. The van der Waals surface area contributed by atoms with Crippen LogP contribution in [-0.2, 0) is 9.53 Å². The van der Waals surface area contributed by atoms with Crippen LogP contribution < -0.4 is 5.32 Å². The summed E-state index contributed by atoms with van der Waals surface area (Å²) in [5, 5.41) is 6.04. The van der Waals surface area contributed by atoms with Crippen LogP contribution >= 0.6 is 0 Å². The Morgan fingerprint density at radius 3 is 2.50 bits per heavy atom. The second-order valence-electron chi connectivity index (χ2n) is 5.37. The van der Waals surface area contributed by atoms with Crippen molar-refractivity contribution in [3.8, 4) is 0 Å². The Bertz CT molecular complexity index is 758. The Morgan fingerprint density at radius 1 is 1.25 bits per heavy atom. The van der Waals surface area contributed by atoms with Gasteiger partial charge in [-0.2, -0.15) is 0 Å². The lowest BCUT2D eigenvalue weighted by Crippen LogP contribution is -2.35. The van der Waals surface area contributed by atoms with Crippen LogP contribution in [0.15, 0.2) is 28.8 Å². The minimum atomic E-state index is -1.45. The summed E-state index contributed by atoms with van der Waals surface area (Å²) >= 11 is 0. The van der Waals surface area contributed by atoms with E-state index in [0.29, 0.717) is 11.8 Å². The van der Waals surface area contributed by atoms with Crippen molar-refractivity contribution < 1.29 is 27.6 Å². The quantitative estimate of drug-likeness (QED) is 0.848. The molecule has 6 nitrogen and oxygen atoms in total. The third-order valence-electron chi connectivity index (χ3n) is 3.33. The van der Waals surface area contributed by atoms with Crippen LogP contribution in [0.4, 0.5) is 8.78 Å². The summed E-state index contributed by atoms with van der Waals surface area (Å²) in [6, 6.07) is 2.63. The SMILES string of the molecule is COC(=O)[C@@H](NC(=O)c1cc(C(C)C)no1)c1ccc(F)cc1F. The van der Waals surface area contributed by atoms with Crippen molar-refractivity contribution in [3.63, 3.8) is 0 Å². The van der Waals surface area contributed by atoms with Gasteiger partial charge in [-0.1, -0.05) is 25.1 Å². The van der Waals surface area contributed by atoms with E-state index >= 15 is 0 Å². The van der Waals surface area contributed by atoms with Crippen LogP contribution in [0.25, 0.3) is 0 Å². The van der Waals surface area contributed by atoms with Crippen molar-refractivity contribution in [1.82, 2.24) is 10.5 Å². The summed E-state index contributed by atoms with van der Waals surface area (Å²) in [6.45, 7) is 3.73. The van der Waals surface area contributed by atoms with Crippen molar-refractivity contribution in [2.45, 2.75) is 25.8 Å². The van der Waals surface area contributed by atoms with Gasteiger partial charge in [0.1, 0.15) is 11.6 Å². The highest BCUT2D eigenvalue weighted by Crippen LogP contribution is 2.21. The number of benzene rings is 1. The number of hydrogen-bond acceptors (Lipinski definition) is 5. The number of nitrogens with zero attached hydrogens (tertiary/aromatic N) is 1. The van der Waals surface area contributed by atoms with Gasteiger partial charge in [-0.25, -0.2) is 13.6 Å². The molecule has 1 heterocycles. The van der Waals surface area contributed by atoms with E-state index in [1.807, 2.05) is 13.8 Å². The van der Waals surface area contributed by atoms with Gasteiger partial charge in [-0.15, -0.1) is 0 Å². The zero-order valence-electron chi connectivity index (χ0n) is 13.3. The molecule has 0 saturated heterocycles. The second kappa shape index (κ2) is 7.20. The molecule has 0 fully saturated rings. The molecule has 1 N–H and O–H groups in total. The van der Waals surface area contributed by atoms with Gasteiger partial charge in [-0.3, -0.25) is 4.79 Å². The molecule has 0 saturated carbocycles. The van der Waals surface area contributed by atoms with E-state index in [4.69, 9.17) is 4.52 Å². The van der Waals surface area contributed by atoms with Gasteiger partial charge in [0, 0.05) is 17.7 Å². The molecule has 24 heavy (non-hydrogen) atoms. The Kier molecular flexibility index (Phi) is 5.28. The van der Waals surface area contributed by atoms with Crippen LogP contribution in [0, 0.1) is 11.6 Å². The highest BCUT2D eigenvalue weighted by atomic mass is 19.1. The Morgan fingerprint density at radius 2 is 1.96 bits per heavy atom. The average Bonchev–Trinajstić information content (AvgIpc) is 3.02. The molecule has 0 aliphatic rings. The Labute approximate surface area is 136 Å². The van der Waals surface area contributed by atoms with Crippen molar-refractivity contribution in [2.24, 2.45) is 0 Å². The maximum Gasteiger partial charge on any atom is 0.333 e. The summed E-state index contributed by atoms with van der Waals surface area (Å²) in [4.78, 5) is 24.1. The number of hydrogen-bond donors (Lipinski definition) is 1. The molecule has 1 atom stereocenters. The largest absolute Gasteiger partial charge is 0.467 e. The first-order valence-electron chi connectivity index (χ1n) is 7.13. The number of esters is 1. The summed E-state index contributed by atoms with van der Waals surface area (Å²) < 4.78 is 36.4. The van der Waals surface area contributed by atoms with Gasteiger partial charge in [0.2, 0.25) is 5.76 Å². The van der Waals surface area contributed by atoms with Gasteiger partial charge in [0.15, 0.2) is 6.04 Å². The predicted molar refractivity (Wildman–Crippen MR) is 79.2 cm³/mol. The number of rotatable bonds is 5. The molecule has 1 amide bonds. The van der Waals surface area contributed by atoms with Crippen LogP contribution in [0.2, 0.25) is 0 Å². The molecule has 0 aliphatic carbocycles. The minimum Gasteiger partial charge on any atom is -0.467 e. The van der Waals surface area contributed by atoms with Crippen molar-refractivity contribution in [2.75, 3.05) is 7.11 Å². The van der Waals surface area contributed by atoms with E-state index in [1.165, 1.54) is 6.07 Å². The maximum atomic E-state index is 13.9. The van der Waals surface area contributed by atoms with Crippen molar-refractivity contribution in [3.05, 3.63) is 52.9 Å². The summed E-state index contributed by atoms with van der Waals surface area (Å²) in [7, 11) is 1.09. The van der Waals surface area contributed by atoms with E-state index in [2.05, 4.69) is 15.2 Å². The second-order valence-corrected chi connectivity index (χ2v) is 5.37. The number of ether oxygens (including phenoxy) is 1. The molecular formula is C16H16F2N2O4. The molecule has 0 bridgehead atoms. The summed E-state index contributed by atoms with van der Waals surface area (Å²) in [5.41, 5.74) is 0.336. The van der Waals surface area contributed by atoms with Gasteiger partial charge in [-0.05, 0) is 12.0 Å². The predicted octanol–water partition coefficient (Wildman–Crippen LogP) is 2.72. The fraction of sp³-hybridized carbons (Fsp3) is 0.312. The summed E-state index contributed by atoms with van der Waals surface area (Å²) in [5.74, 6) is -3.54. The van der Waals surface area contributed by atoms with E-state index in [9.17, 15) is 18.4 Å². The molecule has 2 aromatic rings. The van der Waals surface area contributed by atoms with Gasteiger partial charge in [0.25, 0.3) is 5.91 Å². The zero-order chi connectivity index (χ0) is 17.9.